The molecule has 1 saturated heterocycles. The first-order valence-corrected chi connectivity index (χ1v) is 12.3. The third-order valence-electron chi connectivity index (χ3n) is 6.04. The Morgan fingerprint density at radius 2 is 1.54 bits per heavy atom. The molecule has 1 aliphatic rings. The number of nitrogens with one attached hydrogen (secondary N) is 1. The average Bonchev–Trinajstić information content (AvgIpc) is 2.89. The van der Waals surface area contributed by atoms with Crippen LogP contribution in [0, 0.1) is 0 Å². The molecule has 1 fully saturated rings. The number of fused-ring (bicyclic) bond motifs is 1. The number of nitrogens with zero attached hydrogens (tertiary/aromatic N) is 3. The molecule has 1 aromatic heterocycles. The third-order valence-corrected chi connectivity index (χ3v) is 6.83. The number of rotatable bonds is 5. The van der Waals surface area contributed by atoms with Gasteiger partial charge in [0.25, 0.3) is 11.8 Å². The second-order valence-corrected chi connectivity index (χ2v) is 9.37. The normalized spacial score (nSPS) is 14.1. The highest BCUT2D eigenvalue weighted by Gasteiger charge is 2.23. The van der Waals surface area contributed by atoms with Gasteiger partial charge in [-0.05, 0) is 35.9 Å². The van der Waals surface area contributed by atoms with Crippen molar-refractivity contribution in [3.05, 3.63) is 105 Å². The fourth-order valence-electron chi connectivity index (χ4n) is 4.15. The summed E-state index contributed by atoms with van der Waals surface area (Å²) in [7, 11) is 0. The number of amides is 2. The summed E-state index contributed by atoms with van der Waals surface area (Å²) in [6.45, 7) is 3.75. The maximum Gasteiger partial charge on any atom is 0.257 e. The van der Waals surface area contributed by atoms with E-state index in [1.165, 1.54) is 5.56 Å². The van der Waals surface area contributed by atoms with Crippen molar-refractivity contribution < 1.29 is 9.59 Å². The number of carbonyl (C=O) groups is 2. The molecule has 2 amide bonds. The molecular formula is C27H24N4O3S. The number of benzene rings is 3. The lowest BCUT2D eigenvalue weighted by Crippen LogP contribution is -2.48. The molecule has 2 heterocycles. The van der Waals surface area contributed by atoms with Gasteiger partial charge < -0.3 is 4.90 Å². The van der Waals surface area contributed by atoms with Crippen molar-refractivity contribution in [3.8, 4) is 0 Å². The van der Waals surface area contributed by atoms with Gasteiger partial charge in [0, 0.05) is 43.9 Å². The summed E-state index contributed by atoms with van der Waals surface area (Å²) in [5.41, 5.74) is 2.62. The molecule has 1 N–H and O–H groups in total. The quantitative estimate of drug-likeness (QED) is 0.465. The number of aromatic nitrogens is 1. The maximum atomic E-state index is 13.2. The second-order valence-electron chi connectivity index (χ2n) is 8.41. The molecule has 3 aromatic carbocycles. The van der Waals surface area contributed by atoms with Gasteiger partial charge >= 0.3 is 0 Å². The Kier molecular flexibility index (Phi) is 6.65. The highest BCUT2D eigenvalue weighted by atomic mass is 32.1. The van der Waals surface area contributed by atoms with Crippen molar-refractivity contribution in [1.29, 1.82) is 0 Å². The van der Waals surface area contributed by atoms with E-state index >= 15 is 0 Å². The van der Waals surface area contributed by atoms with Crippen LogP contribution in [0.15, 0.2) is 83.7 Å². The lowest BCUT2D eigenvalue weighted by Gasteiger charge is -2.34. The summed E-state index contributed by atoms with van der Waals surface area (Å²) < 4.78 is -0.216. The van der Waals surface area contributed by atoms with Gasteiger partial charge in [0.2, 0.25) is 4.74 Å². The first-order chi connectivity index (χ1) is 17.1. The number of piperazine rings is 1. The van der Waals surface area contributed by atoms with E-state index in [-0.39, 0.29) is 21.7 Å². The fourth-order valence-corrected chi connectivity index (χ4v) is 4.90. The van der Waals surface area contributed by atoms with E-state index in [9.17, 15) is 14.4 Å². The Bertz CT molecular complexity index is 1420. The predicted molar refractivity (Wildman–Crippen MR) is 138 cm³/mol. The van der Waals surface area contributed by atoms with Crippen molar-refractivity contribution >= 4 is 39.2 Å². The topological polar surface area (TPSA) is 82.6 Å². The summed E-state index contributed by atoms with van der Waals surface area (Å²) >= 11 is 0.874. The molecule has 1 aliphatic heterocycles. The van der Waals surface area contributed by atoms with E-state index in [0.29, 0.717) is 35.1 Å². The fraction of sp³-hybridized carbons (Fsp3) is 0.185. The van der Waals surface area contributed by atoms with Crippen LogP contribution in [0.4, 0.5) is 5.13 Å². The van der Waals surface area contributed by atoms with E-state index in [2.05, 4.69) is 27.3 Å². The standard InChI is InChI=1S/C27H24N4O3S/c32-24(20-9-5-2-6-10-20)29-27-28-23-17-21(11-12-22(23)26(34)35-27)25(33)31-15-13-30(14-16-31)18-19-7-3-1-4-8-19/h1-12,17H,13-16,18H2,(H,28,29,32). The molecule has 4 aromatic rings. The van der Waals surface area contributed by atoms with E-state index in [1.807, 2.05) is 29.2 Å². The Morgan fingerprint density at radius 3 is 2.26 bits per heavy atom. The van der Waals surface area contributed by atoms with Crippen molar-refractivity contribution in [2.24, 2.45) is 0 Å². The third kappa shape index (κ3) is 5.29. The molecule has 5 rings (SSSR count). The van der Waals surface area contributed by atoms with Gasteiger partial charge in [0.1, 0.15) is 0 Å². The van der Waals surface area contributed by atoms with Crippen molar-refractivity contribution in [1.82, 2.24) is 14.8 Å². The number of hydrogen-bond acceptors (Lipinski definition) is 6. The van der Waals surface area contributed by atoms with E-state index in [1.54, 1.807) is 42.5 Å². The minimum atomic E-state index is -0.339. The maximum absolute atomic E-state index is 13.2. The lowest BCUT2D eigenvalue weighted by atomic mass is 10.1. The molecule has 0 spiro atoms. The molecule has 0 unspecified atom stereocenters. The van der Waals surface area contributed by atoms with Gasteiger partial charge in [0.05, 0.1) is 10.9 Å². The van der Waals surface area contributed by atoms with Crippen LogP contribution in [-0.4, -0.2) is 52.8 Å². The Hall–Kier alpha value is -3.88. The van der Waals surface area contributed by atoms with Crippen LogP contribution in [0.3, 0.4) is 0 Å². The largest absolute Gasteiger partial charge is 0.336 e. The Morgan fingerprint density at radius 1 is 0.857 bits per heavy atom. The van der Waals surface area contributed by atoms with Crippen LogP contribution < -0.4 is 10.1 Å². The number of anilines is 1. The summed E-state index contributed by atoms with van der Waals surface area (Å²) in [6, 6.07) is 24.0. The Balaban J connectivity index is 1.29. The molecule has 7 nitrogen and oxygen atoms in total. The van der Waals surface area contributed by atoms with Gasteiger partial charge in [-0.15, -0.1) is 0 Å². The zero-order valence-corrected chi connectivity index (χ0v) is 19.8. The molecule has 176 valence electrons. The van der Waals surface area contributed by atoms with Crippen LogP contribution in [0.5, 0.6) is 0 Å². The zero-order valence-electron chi connectivity index (χ0n) is 19.0. The Labute approximate surface area is 206 Å². The predicted octanol–water partition coefficient (Wildman–Crippen LogP) is 3.87. The van der Waals surface area contributed by atoms with Crippen LogP contribution in [0.1, 0.15) is 26.3 Å². The van der Waals surface area contributed by atoms with Crippen LogP contribution >= 0.6 is 11.3 Å². The van der Waals surface area contributed by atoms with E-state index in [0.717, 1.165) is 31.0 Å². The summed E-state index contributed by atoms with van der Waals surface area (Å²) in [5.74, 6) is -0.420. The lowest BCUT2D eigenvalue weighted by molar-refractivity contribution is 0.0628. The second kappa shape index (κ2) is 10.2. The minimum absolute atomic E-state index is 0.0806. The molecule has 0 radical (unpaired) electrons. The molecule has 0 atom stereocenters. The number of hydrogen-bond donors (Lipinski definition) is 1. The first-order valence-electron chi connectivity index (χ1n) is 11.4. The van der Waals surface area contributed by atoms with Crippen LogP contribution in [0.25, 0.3) is 10.9 Å². The molecule has 35 heavy (non-hydrogen) atoms. The number of carbonyl (C=O) groups excluding carboxylic acids is 2. The smallest absolute Gasteiger partial charge is 0.257 e. The summed E-state index contributed by atoms with van der Waals surface area (Å²) in [6.07, 6.45) is 0. The minimum Gasteiger partial charge on any atom is -0.336 e. The molecule has 0 bridgehead atoms. The van der Waals surface area contributed by atoms with Crippen molar-refractivity contribution in [2.45, 2.75) is 6.54 Å². The molecule has 0 aliphatic carbocycles. The first kappa shape index (κ1) is 22.9. The highest BCUT2D eigenvalue weighted by Crippen LogP contribution is 2.19. The van der Waals surface area contributed by atoms with Gasteiger partial charge in [0.15, 0.2) is 5.13 Å². The van der Waals surface area contributed by atoms with Crippen molar-refractivity contribution in [2.75, 3.05) is 31.5 Å². The summed E-state index contributed by atoms with van der Waals surface area (Å²) in [4.78, 5) is 46.9. The van der Waals surface area contributed by atoms with E-state index in [4.69, 9.17) is 0 Å². The summed E-state index contributed by atoms with van der Waals surface area (Å²) in [5, 5.41) is 3.33. The van der Waals surface area contributed by atoms with Crippen molar-refractivity contribution in [3.63, 3.8) is 0 Å². The van der Waals surface area contributed by atoms with E-state index < -0.39 is 0 Å². The SMILES string of the molecule is O=C(Nc1nc2cc(C(=O)N3CCN(Cc4ccccc4)CC3)ccc2c(=O)s1)c1ccccc1. The van der Waals surface area contributed by atoms with Crippen LogP contribution in [0.2, 0.25) is 0 Å². The molecular weight excluding hydrogens is 460 g/mol. The molecule has 8 heteroatoms. The van der Waals surface area contributed by atoms with Gasteiger partial charge in [-0.25, -0.2) is 4.98 Å². The monoisotopic (exact) mass is 484 g/mol. The average molecular weight is 485 g/mol. The van der Waals surface area contributed by atoms with Gasteiger partial charge in [-0.3, -0.25) is 24.6 Å². The van der Waals surface area contributed by atoms with Crippen LogP contribution in [-0.2, 0) is 6.54 Å². The molecule has 0 saturated carbocycles. The van der Waals surface area contributed by atoms with Gasteiger partial charge in [-0.2, -0.15) is 0 Å². The van der Waals surface area contributed by atoms with Gasteiger partial charge in [-0.1, -0.05) is 59.9 Å². The highest BCUT2D eigenvalue weighted by molar-refractivity contribution is 7.13. The zero-order chi connectivity index (χ0) is 24.2.